The topological polar surface area (TPSA) is 697 Å². The highest BCUT2D eigenvalue weighted by atomic mass is 32.2. The smallest absolute Gasteiger partial charge is 0.320 e. The third-order valence-corrected chi connectivity index (χ3v) is 20.7. The number of unbranched alkanes of at least 4 members (excludes halogenated alkanes) is 3. The normalized spacial score (nSPS) is 21.9. The van der Waals surface area contributed by atoms with Crippen molar-refractivity contribution >= 4 is 128 Å². The second-order valence-electron chi connectivity index (χ2n) is 19.8. The van der Waals surface area contributed by atoms with Crippen LogP contribution in [0.1, 0.15) is 63.8 Å². The van der Waals surface area contributed by atoms with Gasteiger partial charge < -0.3 is 72.2 Å². The van der Waals surface area contributed by atoms with Gasteiger partial charge in [-0.25, -0.2) is 46.7 Å². The third-order valence-electron chi connectivity index (χ3n) is 12.2. The Balaban J connectivity index is 0.000000408. The number of nitrogens with two attached hydrogens (primary N) is 4. The minimum absolute atomic E-state index is 0.0125. The molecule has 0 saturated carbocycles. The average Bonchev–Trinajstić information content (AvgIpc) is 1.68. The summed E-state index contributed by atoms with van der Waals surface area (Å²) in [7, 11) is -25.1. The van der Waals surface area contributed by atoms with E-state index in [9.17, 15) is 89.6 Å². The first-order valence-electron chi connectivity index (χ1n) is 25.9. The van der Waals surface area contributed by atoms with Crippen LogP contribution in [0.3, 0.4) is 0 Å². The van der Waals surface area contributed by atoms with Crippen molar-refractivity contribution in [1.29, 1.82) is 0 Å². The standard InChI is InChI=1S/2C15H22N6O5S.3C4H10O6S2/c2*1-27(3-2-7(16)15(24)25)4-8-10(22)11(23)14(26-8)21-6-20-9-12(17)18-5-19-13(9)21;3*5-11(6,7)3-1-2-4-12(8,9)10/h2*5-8,10-11,14,22-23H,2-4,16H2,1H3,(H2-,17,18,19,24,25);3*1-4H2,(H,5,6,7)(H,8,9,10)/t2*7-,8-,10+,11+,14+,27?;;;/m00.../s1. The lowest BCUT2D eigenvalue weighted by atomic mass is 10.1. The summed E-state index contributed by atoms with van der Waals surface area (Å²) >= 11 is 0. The molecular formula is C42H74N12O28S8. The lowest BCUT2D eigenvalue weighted by Gasteiger charge is -2.16. The zero-order valence-corrected chi connectivity index (χ0v) is 54.3. The number of aromatic nitrogens is 8. The summed E-state index contributed by atoms with van der Waals surface area (Å²) in [5.41, 5.74) is 24.2. The molecule has 0 radical (unpaired) electrons. The summed E-state index contributed by atoms with van der Waals surface area (Å²) in [6, 6.07) is -1.81. The molecule has 18 N–H and O–H groups in total. The zero-order valence-electron chi connectivity index (χ0n) is 47.8. The molecule has 0 bridgehead atoms. The molecule has 2 saturated heterocycles. The van der Waals surface area contributed by atoms with E-state index in [0.29, 0.717) is 58.2 Å². The number of aliphatic hydroxyl groups excluding tert-OH is 4. The summed E-state index contributed by atoms with van der Waals surface area (Å²) in [5, 5.41) is 59.4. The second kappa shape index (κ2) is 36.2. The largest absolute Gasteiger partial charge is 0.748 e. The van der Waals surface area contributed by atoms with Crippen molar-refractivity contribution in [1.82, 2.24) is 39.0 Å². The first-order chi connectivity index (χ1) is 41.2. The van der Waals surface area contributed by atoms with Gasteiger partial charge in [-0.1, -0.05) is 0 Å². The van der Waals surface area contributed by atoms with Crippen molar-refractivity contribution in [3.05, 3.63) is 25.3 Å². The first-order valence-corrected chi connectivity index (χ1v) is 39.5. The molecule has 90 heavy (non-hydrogen) atoms. The molecule has 518 valence electrons. The number of nitrogen functional groups attached to an aromatic ring is 2. The quantitative estimate of drug-likeness (QED) is 0.0137. The summed E-state index contributed by atoms with van der Waals surface area (Å²) < 4.78 is 188. The van der Waals surface area contributed by atoms with Crippen LogP contribution >= 0.6 is 0 Å². The SMILES string of the molecule is C[S+](CC[C@H](N)C(=O)O)C[C@@H]1O[C@@H](n2cnc3c(N)ncnc32)[C@H](O)[C@@H]1O.C[S+](CC[C@H](N)C(=O)O)C[C@@H]1O[C@@H](n2cnc3c(N)ncnc32)[C@H](O)[C@@H]1O.O=S(=O)(O)CCCCS(=O)(=O)O.O=S(=O)(O)CCCCS(=O)(=O)O.O=S(=O)([O-])CCCCS(=O)(=O)[O-]. The van der Waals surface area contributed by atoms with Crippen LogP contribution in [0, 0.1) is 0 Å². The molecule has 0 aliphatic carbocycles. The Morgan fingerprint density at radius 3 is 1.04 bits per heavy atom. The van der Waals surface area contributed by atoms with E-state index in [-0.39, 0.29) is 72.0 Å². The minimum Gasteiger partial charge on any atom is -0.748 e. The number of fused-ring (bicyclic) bond motifs is 2. The fourth-order valence-electron chi connectivity index (χ4n) is 7.63. The predicted molar refractivity (Wildman–Crippen MR) is 320 cm³/mol. The zero-order chi connectivity index (χ0) is 68.9. The number of ether oxygens (including phenoxy) is 2. The molecule has 0 aromatic carbocycles. The molecule has 40 nitrogen and oxygen atoms in total. The molecular weight excluding hydrogens is 1380 g/mol. The highest BCUT2D eigenvalue weighted by molar-refractivity contribution is 7.96. The van der Waals surface area contributed by atoms with Crippen LogP contribution in [-0.4, -0.2) is 278 Å². The van der Waals surface area contributed by atoms with Gasteiger partial charge in [-0.15, -0.1) is 0 Å². The molecule has 12 atom stereocenters. The Kier molecular flexibility index (Phi) is 32.8. The molecule has 0 amide bonds. The van der Waals surface area contributed by atoms with Crippen LogP contribution in [0.2, 0.25) is 0 Å². The van der Waals surface area contributed by atoms with Gasteiger partial charge in [0.2, 0.25) is 0 Å². The molecule has 48 heteroatoms. The monoisotopic (exact) mass is 1450 g/mol. The number of aliphatic hydroxyl groups is 4. The molecule has 4 aromatic rings. The first kappa shape index (κ1) is 81.6. The number of carboxylic acids is 2. The van der Waals surface area contributed by atoms with Gasteiger partial charge in [0.15, 0.2) is 35.4 Å². The fraction of sp³-hybridized carbons (Fsp3) is 0.714. The maximum absolute atomic E-state index is 10.8. The van der Waals surface area contributed by atoms with Gasteiger partial charge in [-0.2, -0.15) is 33.7 Å². The van der Waals surface area contributed by atoms with E-state index in [2.05, 4.69) is 29.9 Å². The van der Waals surface area contributed by atoms with E-state index in [1.165, 1.54) is 34.4 Å². The highest BCUT2D eigenvalue weighted by Gasteiger charge is 2.48. The number of anilines is 2. The van der Waals surface area contributed by atoms with Gasteiger partial charge in [0.25, 0.3) is 40.5 Å². The Morgan fingerprint density at radius 1 is 0.511 bits per heavy atom. The van der Waals surface area contributed by atoms with E-state index < -0.39 is 168 Å². The number of aliphatic carboxylic acids is 2. The molecule has 0 spiro atoms. The predicted octanol–water partition coefficient (Wildman–Crippen LogP) is -5.90. The number of imidazole rings is 2. The van der Waals surface area contributed by atoms with E-state index >= 15 is 0 Å². The van der Waals surface area contributed by atoms with E-state index in [4.69, 9.17) is 60.8 Å². The summed E-state index contributed by atoms with van der Waals surface area (Å²) in [6.45, 7) is 0. The highest BCUT2D eigenvalue weighted by Crippen LogP contribution is 2.34. The maximum Gasteiger partial charge on any atom is 0.320 e. The Labute approximate surface area is 522 Å². The van der Waals surface area contributed by atoms with Gasteiger partial charge >= 0.3 is 11.9 Å². The number of carboxylic acid groups (broad SMARTS) is 2. The van der Waals surface area contributed by atoms with Crippen LogP contribution in [-0.2, 0) is 102 Å². The Bertz CT molecular complexity index is 3250. The van der Waals surface area contributed by atoms with E-state index in [0.717, 1.165) is 0 Å². The number of rotatable bonds is 29. The van der Waals surface area contributed by atoms with Crippen molar-refractivity contribution in [3.8, 4) is 0 Å². The van der Waals surface area contributed by atoms with Gasteiger partial charge in [-0.3, -0.25) is 36.9 Å². The summed E-state index contributed by atoms with van der Waals surface area (Å²) in [6.07, 6.45) is 2.49. The van der Waals surface area contributed by atoms with Gasteiger partial charge in [0.1, 0.15) is 95.4 Å². The van der Waals surface area contributed by atoms with E-state index in [1.807, 2.05) is 12.5 Å². The average molecular weight is 1450 g/mol. The molecule has 6 rings (SSSR count). The van der Waals surface area contributed by atoms with Gasteiger partial charge in [0, 0.05) is 24.3 Å². The van der Waals surface area contributed by atoms with Crippen molar-refractivity contribution in [2.24, 2.45) is 11.5 Å². The lowest BCUT2D eigenvalue weighted by molar-refractivity contribution is -0.139. The number of nitrogens with zero attached hydrogens (tertiary/aromatic N) is 8. The van der Waals surface area contributed by atoms with E-state index in [1.54, 1.807) is 0 Å². The lowest BCUT2D eigenvalue weighted by Crippen LogP contribution is -2.37. The van der Waals surface area contributed by atoms with Crippen molar-refractivity contribution in [2.75, 3.05) is 81.5 Å². The fourth-order valence-corrected chi connectivity index (χ4v) is 14.3. The maximum atomic E-state index is 10.8. The molecule has 4 aromatic heterocycles. The number of hydrogen-bond donors (Lipinski definition) is 14. The van der Waals surface area contributed by atoms with Crippen LogP contribution in [0.25, 0.3) is 22.3 Å². The van der Waals surface area contributed by atoms with Crippen LogP contribution in [0.4, 0.5) is 11.6 Å². The van der Waals surface area contributed by atoms with Crippen molar-refractivity contribution in [2.45, 2.75) is 113 Å². The molecule has 2 aliphatic rings. The van der Waals surface area contributed by atoms with Crippen molar-refractivity contribution in [3.63, 3.8) is 0 Å². The molecule has 6 heterocycles. The van der Waals surface area contributed by atoms with Crippen LogP contribution in [0.5, 0.6) is 0 Å². The number of hydrogen-bond acceptors (Lipinski definition) is 32. The van der Waals surface area contributed by atoms with Crippen LogP contribution < -0.4 is 22.9 Å². The third kappa shape index (κ3) is 31.4. The van der Waals surface area contributed by atoms with Crippen LogP contribution in [0.15, 0.2) is 25.3 Å². The minimum atomic E-state index is -4.29. The summed E-state index contributed by atoms with van der Waals surface area (Å²) in [5.74, 6) is -2.67. The number of carbonyl (C=O) groups is 2. The van der Waals surface area contributed by atoms with Gasteiger partial charge in [-0.05, 0) is 60.3 Å². The van der Waals surface area contributed by atoms with Gasteiger partial charge in [0.05, 0.1) is 68.4 Å². The molecule has 2 aliphatic heterocycles. The Morgan fingerprint density at radius 2 is 0.789 bits per heavy atom. The van der Waals surface area contributed by atoms with Crippen molar-refractivity contribution < 1.29 is 128 Å². The second-order valence-corrected chi connectivity index (χ2v) is 33.8. The molecule has 2 fully saturated rings. The Hall–Kier alpha value is -4.52. The summed E-state index contributed by atoms with van der Waals surface area (Å²) in [4.78, 5) is 45.9. The molecule has 2 unspecified atom stereocenters.